The first-order valence-electron chi connectivity index (χ1n) is 7.78. The number of nitrogens with zero attached hydrogens (tertiary/aromatic N) is 1. The van der Waals surface area contributed by atoms with Crippen LogP contribution in [0.5, 0.6) is 0 Å². The Labute approximate surface area is 141 Å². The third kappa shape index (κ3) is 5.16. The second-order valence-electron chi connectivity index (χ2n) is 7.08. The van der Waals surface area contributed by atoms with E-state index >= 15 is 0 Å². The molecule has 8 nitrogen and oxygen atoms in total. The van der Waals surface area contributed by atoms with Crippen LogP contribution in [0.25, 0.3) is 0 Å². The quantitative estimate of drug-likeness (QED) is 0.719. The summed E-state index contributed by atoms with van der Waals surface area (Å²) < 4.78 is 21.6. The molecule has 1 aliphatic heterocycles. The molecule has 4 atom stereocenters. The predicted octanol–water partition coefficient (Wildman–Crippen LogP) is 1.48. The Morgan fingerprint density at radius 1 is 1.50 bits per heavy atom. The second-order valence-corrected chi connectivity index (χ2v) is 8.41. The zero-order valence-corrected chi connectivity index (χ0v) is 15.0. The van der Waals surface area contributed by atoms with E-state index in [9.17, 15) is 19.4 Å². The van der Waals surface area contributed by atoms with Crippen LogP contribution in [0.2, 0.25) is 0 Å². The SMILES string of the molecule is C=C1C=CN(C2CC(O)C(COP(=O)([O-])OC(C)(C)C)C2)C(=O)N1. The van der Waals surface area contributed by atoms with Crippen molar-refractivity contribution in [3.8, 4) is 0 Å². The fourth-order valence-electron chi connectivity index (χ4n) is 2.80. The highest BCUT2D eigenvalue weighted by Crippen LogP contribution is 2.44. The van der Waals surface area contributed by atoms with Gasteiger partial charge in [-0.25, -0.2) is 4.79 Å². The van der Waals surface area contributed by atoms with Gasteiger partial charge in [-0.2, -0.15) is 0 Å². The van der Waals surface area contributed by atoms with Crippen molar-refractivity contribution in [3.05, 3.63) is 24.6 Å². The lowest BCUT2D eigenvalue weighted by Gasteiger charge is -2.31. The molecule has 1 aliphatic carbocycles. The number of aliphatic hydroxyl groups excluding tert-OH is 1. The molecule has 2 rings (SSSR count). The predicted molar refractivity (Wildman–Crippen MR) is 85.6 cm³/mol. The third-order valence-corrected chi connectivity index (χ3v) is 5.03. The van der Waals surface area contributed by atoms with Crippen LogP contribution in [0.4, 0.5) is 4.79 Å². The number of phosphoric ester groups is 1. The molecule has 0 spiro atoms. The number of phosphoric acid groups is 1. The lowest BCUT2D eigenvalue weighted by atomic mass is 10.1. The van der Waals surface area contributed by atoms with Gasteiger partial charge in [0, 0.05) is 23.9 Å². The first kappa shape index (κ1) is 19.1. The van der Waals surface area contributed by atoms with Gasteiger partial charge in [0.25, 0.3) is 7.82 Å². The van der Waals surface area contributed by atoms with Crippen LogP contribution in [0.1, 0.15) is 33.6 Å². The fourth-order valence-corrected chi connectivity index (χ4v) is 3.90. The molecule has 9 heteroatoms. The second kappa shape index (κ2) is 6.98. The summed E-state index contributed by atoms with van der Waals surface area (Å²) in [6, 6.07) is -0.542. The van der Waals surface area contributed by atoms with Gasteiger partial charge in [0.2, 0.25) is 0 Å². The van der Waals surface area contributed by atoms with E-state index in [0.717, 1.165) is 0 Å². The Morgan fingerprint density at radius 2 is 2.17 bits per heavy atom. The van der Waals surface area contributed by atoms with Crippen molar-refractivity contribution in [2.45, 2.75) is 51.4 Å². The fraction of sp³-hybridized carbons (Fsp3) is 0.667. The molecule has 0 bridgehead atoms. The van der Waals surface area contributed by atoms with Crippen molar-refractivity contribution in [1.29, 1.82) is 0 Å². The van der Waals surface area contributed by atoms with Gasteiger partial charge in [0.05, 0.1) is 18.3 Å². The van der Waals surface area contributed by atoms with Crippen LogP contribution in [-0.2, 0) is 13.6 Å². The first-order valence-corrected chi connectivity index (χ1v) is 9.24. The lowest BCUT2D eigenvalue weighted by Crippen LogP contribution is -2.43. The van der Waals surface area contributed by atoms with Gasteiger partial charge < -0.3 is 24.4 Å². The summed E-state index contributed by atoms with van der Waals surface area (Å²) in [5.41, 5.74) is -0.381. The molecule has 1 fully saturated rings. The number of carbonyl (C=O) groups excluding carboxylic acids is 1. The molecule has 0 saturated heterocycles. The molecule has 0 aromatic carbocycles. The summed E-state index contributed by atoms with van der Waals surface area (Å²) >= 11 is 0. The molecule has 2 N–H and O–H groups in total. The highest BCUT2D eigenvalue weighted by Gasteiger charge is 2.39. The third-order valence-electron chi connectivity index (χ3n) is 3.80. The van der Waals surface area contributed by atoms with Crippen LogP contribution >= 0.6 is 7.82 Å². The van der Waals surface area contributed by atoms with Crippen molar-refractivity contribution < 1.29 is 28.4 Å². The van der Waals surface area contributed by atoms with E-state index in [2.05, 4.69) is 11.9 Å². The minimum absolute atomic E-state index is 0.180. The summed E-state index contributed by atoms with van der Waals surface area (Å²) in [7, 11) is -4.44. The largest absolute Gasteiger partial charge is 0.756 e. The van der Waals surface area contributed by atoms with E-state index < -0.39 is 25.4 Å². The average Bonchev–Trinajstić information content (AvgIpc) is 2.75. The Balaban J connectivity index is 1.92. The van der Waals surface area contributed by atoms with Gasteiger partial charge in [0.1, 0.15) is 0 Å². The topological polar surface area (TPSA) is 111 Å². The zero-order valence-electron chi connectivity index (χ0n) is 14.1. The van der Waals surface area contributed by atoms with Crippen molar-refractivity contribution in [2.75, 3.05) is 6.61 Å². The van der Waals surface area contributed by atoms with E-state index in [1.54, 1.807) is 33.0 Å². The number of rotatable bonds is 5. The van der Waals surface area contributed by atoms with Crippen molar-refractivity contribution >= 4 is 13.9 Å². The maximum atomic E-state index is 12.0. The molecule has 0 aromatic rings. The van der Waals surface area contributed by atoms with Crippen molar-refractivity contribution in [2.24, 2.45) is 5.92 Å². The zero-order chi connectivity index (χ0) is 18.1. The van der Waals surface area contributed by atoms with E-state index in [4.69, 9.17) is 9.05 Å². The molecule has 0 radical (unpaired) electrons. The highest BCUT2D eigenvalue weighted by molar-refractivity contribution is 7.45. The molecule has 2 amide bonds. The molecular formula is C15H24N2O6P-. The Kier molecular flexibility index (Phi) is 5.57. The number of aliphatic hydroxyl groups is 1. The van der Waals surface area contributed by atoms with Crippen LogP contribution in [0.15, 0.2) is 24.6 Å². The van der Waals surface area contributed by atoms with Gasteiger partial charge in [-0.05, 0) is 39.7 Å². The number of hydrogen-bond donors (Lipinski definition) is 2. The summed E-state index contributed by atoms with van der Waals surface area (Å²) in [5.74, 6) is -0.396. The van der Waals surface area contributed by atoms with Crippen LogP contribution in [0.3, 0.4) is 0 Å². The number of carbonyl (C=O) groups is 1. The van der Waals surface area contributed by atoms with Crippen LogP contribution in [-0.4, -0.2) is 40.4 Å². The monoisotopic (exact) mass is 359 g/mol. The average molecular weight is 359 g/mol. The molecule has 2 aliphatic rings. The summed E-state index contributed by atoms with van der Waals surface area (Å²) in [6.07, 6.45) is 3.31. The van der Waals surface area contributed by atoms with Gasteiger partial charge in [-0.1, -0.05) is 6.58 Å². The Hall–Kier alpha value is -1.18. The van der Waals surface area contributed by atoms with E-state index in [1.165, 1.54) is 4.90 Å². The maximum Gasteiger partial charge on any atom is 0.326 e. The van der Waals surface area contributed by atoms with Crippen LogP contribution < -0.4 is 10.2 Å². The smallest absolute Gasteiger partial charge is 0.326 e. The first-order chi connectivity index (χ1) is 11.0. The lowest BCUT2D eigenvalue weighted by molar-refractivity contribution is -0.235. The molecule has 136 valence electrons. The molecule has 0 aromatic heterocycles. The number of allylic oxidation sites excluding steroid dienone is 1. The van der Waals surface area contributed by atoms with Gasteiger partial charge in [-0.15, -0.1) is 0 Å². The van der Waals surface area contributed by atoms with Crippen LogP contribution in [0, 0.1) is 5.92 Å². The maximum absolute atomic E-state index is 12.0. The van der Waals surface area contributed by atoms with E-state index in [-0.39, 0.29) is 18.7 Å². The molecule has 4 unspecified atom stereocenters. The van der Waals surface area contributed by atoms with E-state index in [0.29, 0.717) is 18.5 Å². The van der Waals surface area contributed by atoms with E-state index in [1.807, 2.05) is 0 Å². The summed E-state index contributed by atoms with van der Waals surface area (Å²) in [6.45, 7) is 8.29. The summed E-state index contributed by atoms with van der Waals surface area (Å²) in [5, 5.41) is 12.7. The number of hydrogen-bond acceptors (Lipinski definition) is 6. The molecular weight excluding hydrogens is 335 g/mol. The minimum atomic E-state index is -4.44. The van der Waals surface area contributed by atoms with Gasteiger partial charge in [0.15, 0.2) is 0 Å². The van der Waals surface area contributed by atoms with Crippen molar-refractivity contribution in [1.82, 2.24) is 10.2 Å². The summed E-state index contributed by atoms with van der Waals surface area (Å²) in [4.78, 5) is 25.2. The Bertz CT molecular complexity index is 585. The minimum Gasteiger partial charge on any atom is -0.756 e. The molecule has 24 heavy (non-hydrogen) atoms. The standard InChI is InChI=1S/C15H25N2O6P/c1-10-5-6-17(14(19)16-10)12-7-11(13(18)8-12)9-22-24(20,21)23-15(2,3)4/h5-6,11-13,18H,1,7-9H2,2-4H3,(H,16,19)(H,20,21)/p-1. The van der Waals surface area contributed by atoms with Gasteiger partial charge >= 0.3 is 6.03 Å². The molecule has 1 heterocycles. The van der Waals surface area contributed by atoms with Gasteiger partial charge in [-0.3, -0.25) is 9.46 Å². The highest BCUT2D eigenvalue weighted by atomic mass is 31.2. The molecule has 1 saturated carbocycles. The number of amides is 2. The normalized spacial score (nSPS) is 30.4. The number of nitrogens with one attached hydrogen (secondary N) is 1. The van der Waals surface area contributed by atoms with Crippen molar-refractivity contribution in [3.63, 3.8) is 0 Å². The number of urea groups is 1. The Morgan fingerprint density at radius 3 is 2.75 bits per heavy atom.